The number of carbonyl (C=O) groups is 1. The highest BCUT2D eigenvalue weighted by molar-refractivity contribution is 5.78. The molecule has 1 aliphatic heterocycles. The molecule has 1 aliphatic rings. The first-order valence-corrected chi connectivity index (χ1v) is 7.13. The molecule has 3 heteroatoms. The molecule has 0 spiro atoms. The third kappa shape index (κ3) is 3.57. The summed E-state index contributed by atoms with van der Waals surface area (Å²) in [5.41, 5.74) is 8.11. The predicted octanol–water partition coefficient (Wildman–Crippen LogP) is 1.98. The van der Waals surface area contributed by atoms with Gasteiger partial charge in [0.25, 0.3) is 0 Å². The van der Waals surface area contributed by atoms with Gasteiger partial charge in [-0.3, -0.25) is 4.79 Å². The summed E-state index contributed by atoms with van der Waals surface area (Å²) in [5.74, 6) is 1.32. The lowest BCUT2D eigenvalue weighted by atomic mass is 9.87. The van der Waals surface area contributed by atoms with Gasteiger partial charge < -0.3 is 10.6 Å². The van der Waals surface area contributed by atoms with E-state index in [1.807, 2.05) is 17.0 Å². The summed E-state index contributed by atoms with van der Waals surface area (Å²) in [7, 11) is 0. The molecule has 1 fully saturated rings. The van der Waals surface area contributed by atoms with Gasteiger partial charge in [-0.2, -0.15) is 0 Å². The van der Waals surface area contributed by atoms with E-state index in [0.717, 1.165) is 25.1 Å². The van der Waals surface area contributed by atoms with E-state index in [1.54, 1.807) is 0 Å². The van der Waals surface area contributed by atoms with E-state index >= 15 is 0 Å². The largest absolute Gasteiger partial charge is 0.342 e. The van der Waals surface area contributed by atoms with Crippen molar-refractivity contribution in [2.24, 2.45) is 17.6 Å². The van der Waals surface area contributed by atoms with Crippen LogP contribution in [0.2, 0.25) is 0 Å². The molecule has 104 valence electrons. The third-order valence-electron chi connectivity index (χ3n) is 4.25. The van der Waals surface area contributed by atoms with Crippen LogP contribution in [0.3, 0.4) is 0 Å². The predicted molar refractivity (Wildman–Crippen MR) is 77.8 cm³/mol. The molecule has 1 aromatic rings. The number of amides is 1. The van der Waals surface area contributed by atoms with Crippen LogP contribution in [0, 0.1) is 18.8 Å². The molecule has 0 aromatic heterocycles. The summed E-state index contributed by atoms with van der Waals surface area (Å²) >= 11 is 0. The maximum Gasteiger partial charge on any atom is 0.226 e. The van der Waals surface area contributed by atoms with Crippen LogP contribution in [-0.2, 0) is 11.2 Å². The van der Waals surface area contributed by atoms with Crippen LogP contribution in [0.5, 0.6) is 0 Å². The molecule has 0 saturated carbocycles. The fourth-order valence-corrected chi connectivity index (χ4v) is 2.68. The standard InChI is InChI=1S/C16H24N2O/c1-12-3-5-14(6-4-12)9-16(19)18-8-7-13(2)15(10-17)11-18/h3-6,13,15H,7-11,17H2,1-2H3. The molecule has 2 atom stereocenters. The van der Waals surface area contributed by atoms with Crippen molar-refractivity contribution >= 4 is 5.91 Å². The Balaban J connectivity index is 1.94. The van der Waals surface area contributed by atoms with Crippen molar-refractivity contribution in [1.82, 2.24) is 4.90 Å². The zero-order valence-corrected chi connectivity index (χ0v) is 11.9. The zero-order valence-electron chi connectivity index (χ0n) is 11.9. The average Bonchev–Trinajstić information content (AvgIpc) is 2.42. The summed E-state index contributed by atoms with van der Waals surface area (Å²) in [6, 6.07) is 8.20. The molecule has 1 saturated heterocycles. The Kier molecular flexibility index (Phi) is 4.59. The number of likely N-dealkylation sites (tertiary alicyclic amines) is 1. The minimum atomic E-state index is 0.231. The summed E-state index contributed by atoms with van der Waals surface area (Å²) in [4.78, 5) is 14.3. The molecule has 3 nitrogen and oxygen atoms in total. The van der Waals surface area contributed by atoms with Gasteiger partial charge in [-0.15, -0.1) is 0 Å². The maximum atomic E-state index is 12.3. The van der Waals surface area contributed by atoms with Gasteiger partial charge >= 0.3 is 0 Å². The van der Waals surface area contributed by atoms with Crippen molar-refractivity contribution in [2.45, 2.75) is 26.7 Å². The van der Waals surface area contributed by atoms with Gasteiger partial charge in [0.2, 0.25) is 5.91 Å². The maximum absolute atomic E-state index is 12.3. The summed E-state index contributed by atoms with van der Waals surface area (Å²) in [5, 5.41) is 0. The normalized spacial score (nSPS) is 23.4. The van der Waals surface area contributed by atoms with Crippen LogP contribution in [0.15, 0.2) is 24.3 Å². The highest BCUT2D eigenvalue weighted by Crippen LogP contribution is 2.22. The molecule has 1 aromatic carbocycles. The Hall–Kier alpha value is -1.35. The van der Waals surface area contributed by atoms with Crippen LogP contribution >= 0.6 is 0 Å². The quantitative estimate of drug-likeness (QED) is 0.903. The lowest BCUT2D eigenvalue weighted by Crippen LogP contribution is -2.46. The fraction of sp³-hybridized carbons (Fsp3) is 0.562. The second-order valence-electron chi connectivity index (χ2n) is 5.76. The highest BCUT2D eigenvalue weighted by atomic mass is 16.2. The molecule has 0 bridgehead atoms. The topological polar surface area (TPSA) is 46.3 Å². The molecule has 2 rings (SSSR count). The molecule has 2 N–H and O–H groups in total. The molecular formula is C16H24N2O. The highest BCUT2D eigenvalue weighted by Gasteiger charge is 2.27. The SMILES string of the molecule is Cc1ccc(CC(=O)N2CCC(C)C(CN)C2)cc1. The van der Waals surface area contributed by atoms with E-state index in [-0.39, 0.29) is 5.91 Å². The number of benzene rings is 1. The van der Waals surface area contributed by atoms with Gasteiger partial charge in [0, 0.05) is 13.1 Å². The lowest BCUT2D eigenvalue weighted by Gasteiger charge is -2.36. The molecule has 19 heavy (non-hydrogen) atoms. The summed E-state index contributed by atoms with van der Waals surface area (Å²) < 4.78 is 0. The first-order valence-electron chi connectivity index (χ1n) is 7.13. The van der Waals surface area contributed by atoms with E-state index in [4.69, 9.17) is 5.73 Å². The van der Waals surface area contributed by atoms with Crippen LogP contribution in [0.25, 0.3) is 0 Å². The van der Waals surface area contributed by atoms with Crippen LogP contribution in [0.1, 0.15) is 24.5 Å². The molecule has 1 amide bonds. The van der Waals surface area contributed by atoms with Crippen LogP contribution in [0.4, 0.5) is 0 Å². The first-order chi connectivity index (χ1) is 9.10. The molecule has 0 aliphatic carbocycles. The van der Waals surface area contributed by atoms with Gasteiger partial charge in [-0.1, -0.05) is 36.8 Å². The summed E-state index contributed by atoms with van der Waals surface area (Å²) in [6.45, 7) is 6.67. The van der Waals surface area contributed by atoms with Crippen LogP contribution in [-0.4, -0.2) is 30.4 Å². The Bertz CT molecular complexity index is 427. The minimum Gasteiger partial charge on any atom is -0.342 e. The summed E-state index contributed by atoms with van der Waals surface area (Å²) in [6.07, 6.45) is 1.58. The fourth-order valence-electron chi connectivity index (χ4n) is 2.68. The number of hydrogen-bond acceptors (Lipinski definition) is 2. The van der Waals surface area contributed by atoms with E-state index in [9.17, 15) is 4.79 Å². The monoisotopic (exact) mass is 260 g/mol. The van der Waals surface area contributed by atoms with Gasteiger partial charge in [0.05, 0.1) is 6.42 Å². The molecule has 2 unspecified atom stereocenters. The first kappa shape index (κ1) is 14.1. The Morgan fingerprint density at radius 1 is 1.37 bits per heavy atom. The number of piperidine rings is 1. The number of nitrogens with zero attached hydrogens (tertiary/aromatic N) is 1. The smallest absolute Gasteiger partial charge is 0.226 e. The number of hydrogen-bond donors (Lipinski definition) is 1. The van der Waals surface area contributed by atoms with Crippen molar-refractivity contribution in [3.05, 3.63) is 35.4 Å². The Morgan fingerprint density at radius 2 is 2.05 bits per heavy atom. The zero-order chi connectivity index (χ0) is 13.8. The number of nitrogens with two attached hydrogens (primary N) is 1. The number of aryl methyl sites for hydroxylation is 1. The van der Waals surface area contributed by atoms with E-state index < -0.39 is 0 Å². The average molecular weight is 260 g/mol. The van der Waals surface area contributed by atoms with Gasteiger partial charge in [0.15, 0.2) is 0 Å². The Labute approximate surface area is 115 Å². The van der Waals surface area contributed by atoms with Crippen LogP contribution < -0.4 is 5.73 Å². The van der Waals surface area contributed by atoms with E-state index in [2.05, 4.69) is 26.0 Å². The molecule has 0 radical (unpaired) electrons. The minimum absolute atomic E-state index is 0.231. The van der Waals surface area contributed by atoms with Gasteiger partial charge in [0.1, 0.15) is 0 Å². The van der Waals surface area contributed by atoms with E-state index in [0.29, 0.717) is 24.8 Å². The molecular weight excluding hydrogens is 236 g/mol. The molecule has 1 heterocycles. The second-order valence-corrected chi connectivity index (χ2v) is 5.76. The lowest BCUT2D eigenvalue weighted by molar-refractivity contribution is -0.132. The van der Waals surface area contributed by atoms with E-state index in [1.165, 1.54) is 5.56 Å². The van der Waals surface area contributed by atoms with Crippen molar-refractivity contribution in [3.63, 3.8) is 0 Å². The van der Waals surface area contributed by atoms with Gasteiger partial charge in [-0.05, 0) is 37.3 Å². The van der Waals surface area contributed by atoms with Gasteiger partial charge in [-0.25, -0.2) is 0 Å². The van der Waals surface area contributed by atoms with Crippen molar-refractivity contribution in [2.75, 3.05) is 19.6 Å². The van der Waals surface area contributed by atoms with Crippen molar-refractivity contribution in [3.8, 4) is 0 Å². The van der Waals surface area contributed by atoms with Crippen molar-refractivity contribution < 1.29 is 4.79 Å². The third-order valence-corrected chi connectivity index (χ3v) is 4.25. The number of carbonyl (C=O) groups excluding carboxylic acids is 1. The van der Waals surface area contributed by atoms with Crippen molar-refractivity contribution in [1.29, 1.82) is 0 Å². The Morgan fingerprint density at radius 3 is 2.68 bits per heavy atom. The second kappa shape index (κ2) is 6.20. The number of rotatable bonds is 3.